The van der Waals surface area contributed by atoms with Crippen LogP contribution < -0.4 is 10.1 Å². The second-order valence-corrected chi connectivity index (χ2v) is 6.52. The lowest BCUT2D eigenvalue weighted by molar-refractivity contribution is -0.115. The van der Waals surface area contributed by atoms with Crippen LogP contribution in [0.1, 0.15) is 16.7 Å². The van der Waals surface area contributed by atoms with E-state index in [1.165, 1.54) is 22.5 Å². The fourth-order valence-corrected chi connectivity index (χ4v) is 3.45. The predicted octanol–water partition coefficient (Wildman–Crippen LogP) is 4.10. The van der Waals surface area contributed by atoms with Gasteiger partial charge >= 0.3 is 0 Å². The lowest BCUT2D eigenvalue weighted by Gasteiger charge is -2.03. The van der Waals surface area contributed by atoms with E-state index in [-0.39, 0.29) is 5.91 Å². The van der Waals surface area contributed by atoms with Crippen molar-refractivity contribution in [3.8, 4) is 5.75 Å². The number of hydrogen-bond acceptors (Lipinski definition) is 4. The molecule has 1 amide bonds. The SMILES string of the molecule is COc1ccc(CC(=O)Nc2nc3cc(C)cc(C)c3s2)cc1. The number of thiazole rings is 1. The molecule has 23 heavy (non-hydrogen) atoms. The van der Waals surface area contributed by atoms with Crippen LogP contribution in [0.3, 0.4) is 0 Å². The van der Waals surface area contributed by atoms with Gasteiger partial charge in [-0.05, 0) is 48.7 Å². The Morgan fingerprint density at radius 1 is 1.22 bits per heavy atom. The van der Waals surface area contributed by atoms with Gasteiger partial charge in [0.15, 0.2) is 5.13 Å². The van der Waals surface area contributed by atoms with Crippen molar-refractivity contribution in [3.05, 3.63) is 53.1 Å². The summed E-state index contributed by atoms with van der Waals surface area (Å²) >= 11 is 1.51. The first-order valence-electron chi connectivity index (χ1n) is 7.36. The smallest absolute Gasteiger partial charge is 0.230 e. The van der Waals surface area contributed by atoms with Crippen LogP contribution in [0, 0.1) is 13.8 Å². The highest BCUT2D eigenvalue weighted by Crippen LogP contribution is 2.29. The van der Waals surface area contributed by atoms with Crippen molar-refractivity contribution in [3.63, 3.8) is 0 Å². The van der Waals surface area contributed by atoms with E-state index in [1.54, 1.807) is 7.11 Å². The second kappa shape index (κ2) is 6.38. The van der Waals surface area contributed by atoms with Crippen LogP contribution >= 0.6 is 11.3 Å². The average molecular weight is 326 g/mol. The number of rotatable bonds is 4. The number of aromatic nitrogens is 1. The molecule has 0 saturated carbocycles. The van der Waals surface area contributed by atoms with Gasteiger partial charge in [0.1, 0.15) is 5.75 Å². The van der Waals surface area contributed by atoms with E-state index in [0.717, 1.165) is 21.5 Å². The number of nitrogens with zero attached hydrogens (tertiary/aromatic N) is 1. The van der Waals surface area contributed by atoms with Crippen LogP contribution in [-0.2, 0) is 11.2 Å². The van der Waals surface area contributed by atoms with Crippen molar-refractivity contribution in [1.82, 2.24) is 4.98 Å². The number of methoxy groups -OCH3 is 1. The fourth-order valence-electron chi connectivity index (χ4n) is 2.52. The maximum absolute atomic E-state index is 12.2. The highest BCUT2D eigenvalue weighted by molar-refractivity contribution is 7.22. The van der Waals surface area contributed by atoms with E-state index in [1.807, 2.05) is 37.3 Å². The van der Waals surface area contributed by atoms with Gasteiger partial charge in [0.25, 0.3) is 0 Å². The molecule has 0 unspecified atom stereocenters. The molecule has 3 rings (SSSR count). The number of anilines is 1. The summed E-state index contributed by atoms with van der Waals surface area (Å²) in [5.74, 6) is 0.717. The maximum Gasteiger partial charge on any atom is 0.230 e. The predicted molar refractivity (Wildman–Crippen MR) is 94.4 cm³/mol. The Morgan fingerprint density at radius 3 is 2.65 bits per heavy atom. The van der Waals surface area contributed by atoms with Crippen LogP contribution in [0.15, 0.2) is 36.4 Å². The van der Waals surface area contributed by atoms with Crippen LogP contribution in [-0.4, -0.2) is 18.0 Å². The van der Waals surface area contributed by atoms with Gasteiger partial charge < -0.3 is 10.1 Å². The van der Waals surface area contributed by atoms with E-state index >= 15 is 0 Å². The number of hydrogen-bond donors (Lipinski definition) is 1. The van der Waals surface area contributed by atoms with Gasteiger partial charge in [0, 0.05) is 0 Å². The number of carbonyl (C=O) groups excluding carboxylic acids is 1. The average Bonchev–Trinajstić information content (AvgIpc) is 2.90. The topological polar surface area (TPSA) is 51.2 Å². The summed E-state index contributed by atoms with van der Waals surface area (Å²) in [5.41, 5.74) is 4.24. The van der Waals surface area contributed by atoms with Crippen LogP contribution in [0.5, 0.6) is 5.75 Å². The first-order valence-corrected chi connectivity index (χ1v) is 8.17. The molecule has 0 aliphatic heterocycles. The number of amides is 1. The second-order valence-electron chi connectivity index (χ2n) is 5.52. The summed E-state index contributed by atoms with van der Waals surface area (Å²) in [5, 5.41) is 3.54. The van der Waals surface area contributed by atoms with Crippen LogP contribution in [0.2, 0.25) is 0 Å². The highest BCUT2D eigenvalue weighted by atomic mass is 32.1. The van der Waals surface area contributed by atoms with E-state index in [9.17, 15) is 4.79 Å². The van der Waals surface area contributed by atoms with Crippen molar-refractivity contribution >= 4 is 32.6 Å². The van der Waals surface area contributed by atoms with Crippen LogP contribution in [0.4, 0.5) is 5.13 Å². The van der Waals surface area contributed by atoms with E-state index in [0.29, 0.717) is 11.6 Å². The summed E-state index contributed by atoms with van der Waals surface area (Å²) in [7, 11) is 1.62. The Morgan fingerprint density at radius 2 is 1.96 bits per heavy atom. The standard InChI is InChI=1S/C18H18N2O2S/c1-11-8-12(2)17-15(9-11)19-18(23-17)20-16(21)10-13-4-6-14(22-3)7-5-13/h4-9H,10H2,1-3H3,(H,19,20,21). The molecule has 0 spiro atoms. The zero-order valence-electron chi connectivity index (χ0n) is 13.3. The van der Waals surface area contributed by atoms with Gasteiger partial charge in [-0.15, -0.1) is 0 Å². The molecule has 5 heteroatoms. The molecule has 1 aromatic heterocycles. The summed E-state index contributed by atoms with van der Waals surface area (Å²) in [6.45, 7) is 4.12. The molecule has 0 saturated heterocycles. The molecule has 118 valence electrons. The lowest BCUT2D eigenvalue weighted by Crippen LogP contribution is -2.14. The number of fused-ring (bicyclic) bond motifs is 1. The van der Waals surface area contributed by atoms with E-state index in [4.69, 9.17) is 4.74 Å². The minimum absolute atomic E-state index is 0.0661. The van der Waals surface area contributed by atoms with Gasteiger partial charge in [-0.25, -0.2) is 4.98 Å². The molecular formula is C18H18N2O2S. The minimum Gasteiger partial charge on any atom is -0.497 e. The number of benzene rings is 2. The Balaban J connectivity index is 1.73. The van der Waals surface area contributed by atoms with E-state index < -0.39 is 0 Å². The summed E-state index contributed by atoms with van der Waals surface area (Å²) in [4.78, 5) is 16.7. The molecule has 0 atom stereocenters. The molecule has 0 bridgehead atoms. The Bertz CT molecular complexity index is 853. The maximum atomic E-state index is 12.2. The number of aryl methyl sites for hydroxylation is 2. The van der Waals surface area contributed by atoms with Crippen molar-refractivity contribution < 1.29 is 9.53 Å². The molecule has 0 aliphatic rings. The summed E-state index contributed by atoms with van der Waals surface area (Å²) < 4.78 is 6.24. The zero-order valence-corrected chi connectivity index (χ0v) is 14.2. The molecule has 0 aliphatic carbocycles. The Kier molecular flexibility index (Phi) is 4.30. The van der Waals surface area contributed by atoms with Gasteiger partial charge in [0.2, 0.25) is 5.91 Å². The quantitative estimate of drug-likeness (QED) is 0.785. The van der Waals surface area contributed by atoms with Gasteiger partial charge in [-0.1, -0.05) is 29.5 Å². The molecule has 0 radical (unpaired) electrons. The number of nitrogens with one attached hydrogen (secondary N) is 1. The first-order chi connectivity index (χ1) is 11.0. The van der Waals surface area contributed by atoms with Crippen molar-refractivity contribution in [2.45, 2.75) is 20.3 Å². The molecule has 4 nitrogen and oxygen atoms in total. The van der Waals surface area contributed by atoms with Crippen molar-refractivity contribution in [1.29, 1.82) is 0 Å². The van der Waals surface area contributed by atoms with Crippen molar-refractivity contribution in [2.75, 3.05) is 12.4 Å². The third-order valence-electron chi connectivity index (χ3n) is 3.59. The molecule has 2 aromatic carbocycles. The number of ether oxygens (including phenoxy) is 1. The zero-order chi connectivity index (χ0) is 16.4. The number of carbonyl (C=O) groups is 1. The molecule has 1 N–H and O–H groups in total. The van der Waals surface area contributed by atoms with Crippen LogP contribution in [0.25, 0.3) is 10.2 Å². The van der Waals surface area contributed by atoms with Crippen molar-refractivity contribution in [2.24, 2.45) is 0 Å². The molecule has 1 heterocycles. The Hall–Kier alpha value is -2.40. The minimum atomic E-state index is -0.0661. The molecular weight excluding hydrogens is 308 g/mol. The molecule has 0 fully saturated rings. The van der Waals surface area contributed by atoms with Gasteiger partial charge in [-0.3, -0.25) is 4.79 Å². The monoisotopic (exact) mass is 326 g/mol. The summed E-state index contributed by atoms with van der Waals surface area (Å²) in [6.07, 6.45) is 0.317. The summed E-state index contributed by atoms with van der Waals surface area (Å²) in [6, 6.07) is 11.7. The lowest BCUT2D eigenvalue weighted by atomic mass is 10.1. The Labute approximate surface area is 139 Å². The highest BCUT2D eigenvalue weighted by Gasteiger charge is 2.10. The fraction of sp³-hybridized carbons (Fsp3) is 0.222. The third-order valence-corrected chi connectivity index (χ3v) is 4.71. The molecule has 3 aromatic rings. The first kappa shape index (κ1) is 15.5. The third kappa shape index (κ3) is 3.51. The van der Waals surface area contributed by atoms with Gasteiger partial charge in [-0.2, -0.15) is 0 Å². The van der Waals surface area contributed by atoms with E-state index in [2.05, 4.69) is 23.3 Å². The normalized spacial score (nSPS) is 10.7. The largest absolute Gasteiger partial charge is 0.497 e. The van der Waals surface area contributed by atoms with Gasteiger partial charge in [0.05, 0.1) is 23.7 Å².